The first-order valence-corrected chi connectivity index (χ1v) is 10.3. The number of nitrogens with zero attached hydrogens (tertiary/aromatic N) is 2. The van der Waals surface area contributed by atoms with Gasteiger partial charge in [-0.15, -0.1) is 0 Å². The highest BCUT2D eigenvalue weighted by Gasteiger charge is 2.30. The molecular weight excluding hydrogens is 427 g/mol. The molecule has 4 nitrogen and oxygen atoms in total. The largest absolute Gasteiger partial charge is 0.416 e. The smallest absolute Gasteiger partial charge is 0.327 e. The summed E-state index contributed by atoms with van der Waals surface area (Å²) < 4.78 is 38.2. The van der Waals surface area contributed by atoms with E-state index < -0.39 is 11.7 Å². The summed E-state index contributed by atoms with van der Waals surface area (Å²) in [6.07, 6.45) is -3.54. The molecule has 1 heterocycles. The summed E-state index contributed by atoms with van der Waals surface area (Å²) in [4.78, 5) is 16.5. The Hall–Kier alpha value is -2.69. The lowest BCUT2D eigenvalue weighted by Crippen LogP contribution is -2.42. The van der Waals surface area contributed by atoms with Gasteiger partial charge >= 0.3 is 12.2 Å². The van der Waals surface area contributed by atoms with E-state index >= 15 is 0 Å². The number of carbonyl (C=O) groups is 1. The van der Waals surface area contributed by atoms with E-state index in [1.807, 2.05) is 24.3 Å². The Bertz CT molecular complexity index is 951. The predicted octanol–water partition coefficient (Wildman–Crippen LogP) is 4.63. The van der Waals surface area contributed by atoms with Gasteiger partial charge in [-0.05, 0) is 42.3 Å². The van der Waals surface area contributed by atoms with Crippen LogP contribution in [0.25, 0.3) is 0 Å². The number of amides is 2. The molecule has 1 fully saturated rings. The zero-order valence-electron chi connectivity index (χ0n) is 16.9. The van der Waals surface area contributed by atoms with Crippen molar-refractivity contribution in [2.75, 3.05) is 32.7 Å². The summed E-state index contributed by atoms with van der Waals surface area (Å²) in [5.74, 6) is 5.38. The van der Waals surface area contributed by atoms with Crippen molar-refractivity contribution in [1.29, 1.82) is 0 Å². The Morgan fingerprint density at radius 1 is 1.06 bits per heavy atom. The maximum Gasteiger partial charge on any atom is 0.416 e. The fourth-order valence-corrected chi connectivity index (χ4v) is 3.46. The van der Waals surface area contributed by atoms with E-state index in [2.05, 4.69) is 22.1 Å². The first kappa shape index (κ1) is 23.0. The molecule has 31 heavy (non-hydrogen) atoms. The SMILES string of the molecule is O=C(NCC#Cc1cccc(C(F)(F)F)c1)N1CCCN(Cc2ccc(Cl)cc2)CC1. The van der Waals surface area contributed by atoms with Gasteiger partial charge in [-0.3, -0.25) is 4.90 Å². The van der Waals surface area contributed by atoms with Crippen LogP contribution in [-0.4, -0.2) is 48.6 Å². The van der Waals surface area contributed by atoms with Gasteiger partial charge in [0, 0.05) is 43.3 Å². The van der Waals surface area contributed by atoms with Crippen LogP contribution in [0.3, 0.4) is 0 Å². The summed E-state index contributed by atoms with van der Waals surface area (Å²) in [6.45, 7) is 3.76. The Labute approximate surface area is 185 Å². The van der Waals surface area contributed by atoms with E-state index in [-0.39, 0.29) is 18.1 Å². The van der Waals surface area contributed by atoms with E-state index in [0.717, 1.165) is 38.2 Å². The fraction of sp³-hybridized carbons (Fsp3) is 0.348. The lowest BCUT2D eigenvalue weighted by molar-refractivity contribution is -0.137. The van der Waals surface area contributed by atoms with Crippen LogP contribution >= 0.6 is 11.6 Å². The van der Waals surface area contributed by atoms with Crippen LogP contribution in [0.4, 0.5) is 18.0 Å². The number of benzene rings is 2. The molecule has 164 valence electrons. The van der Waals surface area contributed by atoms with Crippen molar-refractivity contribution in [2.24, 2.45) is 0 Å². The second-order valence-corrected chi connectivity index (χ2v) is 7.72. The molecule has 3 rings (SSSR count). The average molecular weight is 450 g/mol. The summed E-state index contributed by atoms with van der Waals surface area (Å²) in [5, 5.41) is 3.43. The monoisotopic (exact) mass is 449 g/mol. The molecule has 0 spiro atoms. The maximum absolute atomic E-state index is 12.7. The van der Waals surface area contributed by atoms with Crippen molar-refractivity contribution in [3.05, 3.63) is 70.2 Å². The topological polar surface area (TPSA) is 35.6 Å². The lowest BCUT2D eigenvalue weighted by Gasteiger charge is -2.22. The molecule has 0 atom stereocenters. The van der Waals surface area contributed by atoms with Crippen LogP contribution in [0.1, 0.15) is 23.1 Å². The van der Waals surface area contributed by atoms with Gasteiger partial charge in [-0.1, -0.05) is 41.6 Å². The first-order chi connectivity index (χ1) is 14.8. The summed E-state index contributed by atoms with van der Waals surface area (Å²) in [7, 11) is 0. The number of hydrogen-bond acceptors (Lipinski definition) is 2. The van der Waals surface area contributed by atoms with Crippen molar-refractivity contribution >= 4 is 17.6 Å². The molecule has 1 N–H and O–H groups in total. The number of carbonyl (C=O) groups excluding carboxylic acids is 1. The molecule has 2 amide bonds. The molecule has 8 heteroatoms. The minimum Gasteiger partial charge on any atom is -0.327 e. The number of halogens is 4. The second kappa shape index (κ2) is 10.6. The Morgan fingerprint density at radius 3 is 2.58 bits per heavy atom. The molecule has 0 aromatic heterocycles. The summed E-state index contributed by atoms with van der Waals surface area (Å²) in [5.41, 5.74) is 0.694. The van der Waals surface area contributed by atoms with Crippen molar-refractivity contribution in [1.82, 2.24) is 15.1 Å². The molecule has 0 saturated carbocycles. The highest BCUT2D eigenvalue weighted by atomic mass is 35.5. The molecule has 2 aromatic rings. The quantitative estimate of drug-likeness (QED) is 0.694. The third-order valence-corrected chi connectivity index (χ3v) is 5.20. The molecular formula is C23H23ClF3N3O. The zero-order valence-corrected chi connectivity index (χ0v) is 17.6. The van der Waals surface area contributed by atoms with Crippen LogP contribution < -0.4 is 5.32 Å². The maximum atomic E-state index is 12.7. The van der Waals surface area contributed by atoms with E-state index in [4.69, 9.17) is 11.6 Å². The molecule has 0 aliphatic carbocycles. The number of alkyl halides is 3. The number of rotatable bonds is 3. The standard InChI is InChI=1S/C23H23ClF3N3O/c24-21-9-7-19(8-10-21)17-29-12-3-13-30(15-14-29)22(31)28-11-2-5-18-4-1-6-20(16-18)23(25,26)27/h1,4,6-10,16H,3,11-15,17H2,(H,28,31). The third kappa shape index (κ3) is 7.20. The van der Waals surface area contributed by atoms with Gasteiger partial charge in [0.05, 0.1) is 12.1 Å². The van der Waals surface area contributed by atoms with Gasteiger partial charge in [0.2, 0.25) is 0 Å². The van der Waals surface area contributed by atoms with Gasteiger partial charge < -0.3 is 10.2 Å². The van der Waals surface area contributed by atoms with Crippen molar-refractivity contribution in [2.45, 2.75) is 19.1 Å². The molecule has 0 unspecified atom stereocenters. The van der Waals surface area contributed by atoms with Gasteiger partial charge in [0.25, 0.3) is 0 Å². The molecule has 0 bridgehead atoms. The third-order valence-electron chi connectivity index (χ3n) is 4.95. The predicted molar refractivity (Wildman–Crippen MR) is 115 cm³/mol. The van der Waals surface area contributed by atoms with Gasteiger partial charge in [-0.25, -0.2) is 4.79 Å². The fourth-order valence-electron chi connectivity index (χ4n) is 3.33. The van der Waals surface area contributed by atoms with E-state index in [1.165, 1.54) is 17.7 Å². The molecule has 0 radical (unpaired) electrons. The molecule has 2 aromatic carbocycles. The molecule has 1 saturated heterocycles. The molecule has 1 aliphatic rings. The van der Waals surface area contributed by atoms with Crippen LogP contribution in [0, 0.1) is 11.8 Å². The first-order valence-electron chi connectivity index (χ1n) is 9.97. The minimum atomic E-state index is -4.40. The van der Waals surface area contributed by atoms with Crippen molar-refractivity contribution in [3.8, 4) is 11.8 Å². The Balaban J connectivity index is 1.46. The Morgan fingerprint density at radius 2 is 1.84 bits per heavy atom. The highest BCUT2D eigenvalue weighted by molar-refractivity contribution is 6.30. The highest BCUT2D eigenvalue weighted by Crippen LogP contribution is 2.29. The zero-order chi connectivity index (χ0) is 22.3. The minimum absolute atomic E-state index is 0.0695. The average Bonchev–Trinajstić information content (AvgIpc) is 2.98. The Kier molecular flexibility index (Phi) is 7.83. The lowest BCUT2D eigenvalue weighted by atomic mass is 10.1. The molecule has 1 aliphatic heterocycles. The van der Waals surface area contributed by atoms with E-state index in [9.17, 15) is 18.0 Å². The number of urea groups is 1. The van der Waals surface area contributed by atoms with Crippen LogP contribution in [0.2, 0.25) is 5.02 Å². The van der Waals surface area contributed by atoms with Crippen LogP contribution in [-0.2, 0) is 12.7 Å². The van der Waals surface area contributed by atoms with Crippen molar-refractivity contribution in [3.63, 3.8) is 0 Å². The van der Waals surface area contributed by atoms with Gasteiger partial charge in [0.15, 0.2) is 0 Å². The van der Waals surface area contributed by atoms with Crippen LogP contribution in [0.5, 0.6) is 0 Å². The number of hydrogen-bond donors (Lipinski definition) is 1. The summed E-state index contributed by atoms with van der Waals surface area (Å²) in [6, 6.07) is 12.4. The number of nitrogens with one attached hydrogen (secondary N) is 1. The second-order valence-electron chi connectivity index (χ2n) is 7.28. The van der Waals surface area contributed by atoms with Gasteiger partial charge in [-0.2, -0.15) is 13.2 Å². The van der Waals surface area contributed by atoms with Crippen molar-refractivity contribution < 1.29 is 18.0 Å². The van der Waals surface area contributed by atoms with Gasteiger partial charge in [0.1, 0.15) is 0 Å². The summed E-state index contributed by atoms with van der Waals surface area (Å²) >= 11 is 5.93. The van der Waals surface area contributed by atoms with E-state index in [1.54, 1.807) is 4.90 Å². The van der Waals surface area contributed by atoms with E-state index in [0.29, 0.717) is 18.1 Å². The van der Waals surface area contributed by atoms with Crippen LogP contribution in [0.15, 0.2) is 48.5 Å². The normalized spacial score (nSPS) is 15.0.